The largest absolute Gasteiger partial charge is 0.489 e. The van der Waals surface area contributed by atoms with Gasteiger partial charge in [-0.2, -0.15) is 0 Å². The zero-order chi connectivity index (χ0) is 22.7. The predicted molar refractivity (Wildman–Crippen MR) is 115 cm³/mol. The summed E-state index contributed by atoms with van der Waals surface area (Å²) in [6.07, 6.45) is 0. The number of halogens is 1. The van der Waals surface area contributed by atoms with E-state index in [9.17, 15) is 14.0 Å². The Morgan fingerprint density at radius 2 is 1.41 bits per heavy atom. The quantitative estimate of drug-likeness (QED) is 0.610. The van der Waals surface area contributed by atoms with Gasteiger partial charge in [-0.15, -0.1) is 0 Å². The van der Waals surface area contributed by atoms with Gasteiger partial charge in [-0.25, -0.2) is 4.39 Å². The van der Waals surface area contributed by atoms with Crippen LogP contribution in [-0.2, 0) is 6.61 Å². The summed E-state index contributed by atoms with van der Waals surface area (Å²) in [5, 5.41) is 3.91. The van der Waals surface area contributed by atoms with Crippen LogP contribution in [0.4, 0.5) is 4.39 Å². The van der Waals surface area contributed by atoms with Crippen molar-refractivity contribution in [1.82, 2.24) is 15.0 Å². The summed E-state index contributed by atoms with van der Waals surface area (Å²) in [5.41, 5.74) is 2.72. The highest BCUT2D eigenvalue weighted by Gasteiger charge is 2.25. The van der Waals surface area contributed by atoms with E-state index in [0.717, 1.165) is 17.0 Å². The first-order chi connectivity index (χ1) is 15.4. The normalized spacial score (nSPS) is 13.8. The fourth-order valence-electron chi connectivity index (χ4n) is 3.63. The van der Waals surface area contributed by atoms with Crippen LogP contribution in [0.5, 0.6) is 5.75 Å². The summed E-state index contributed by atoms with van der Waals surface area (Å²) in [6, 6.07) is 12.5. The molecule has 0 saturated carbocycles. The lowest BCUT2D eigenvalue weighted by atomic mass is 10.1. The molecule has 1 aliphatic heterocycles. The standard InChI is InChI=1S/C24H24FN3O4/c1-16-22(17(2)32-26-16)15-31-21-9-5-19(6-10-21)24(30)28-13-11-27(12-14-28)23(29)18-3-7-20(25)8-4-18/h3-10H,11-15H2,1-2H3. The van der Waals surface area contributed by atoms with Gasteiger partial charge in [0.1, 0.15) is 23.9 Å². The lowest BCUT2D eigenvalue weighted by molar-refractivity contribution is 0.0535. The molecule has 0 atom stereocenters. The van der Waals surface area contributed by atoms with Gasteiger partial charge in [0.05, 0.1) is 11.3 Å². The van der Waals surface area contributed by atoms with Crippen LogP contribution >= 0.6 is 0 Å². The van der Waals surface area contributed by atoms with Crippen LogP contribution in [0.3, 0.4) is 0 Å². The number of carbonyl (C=O) groups is 2. The summed E-state index contributed by atoms with van der Waals surface area (Å²) in [7, 11) is 0. The smallest absolute Gasteiger partial charge is 0.253 e. The second kappa shape index (κ2) is 9.21. The van der Waals surface area contributed by atoms with Crippen molar-refractivity contribution in [1.29, 1.82) is 0 Å². The molecule has 1 aliphatic rings. The van der Waals surface area contributed by atoms with Crippen molar-refractivity contribution < 1.29 is 23.2 Å². The third kappa shape index (κ3) is 4.64. The van der Waals surface area contributed by atoms with Crippen LogP contribution in [0.1, 0.15) is 37.7 Å². The molecule has 2 amide bonds. The Hall–Kier alpha value is -3.68. The number of carbonyl (C=O) groups excluding carboxylic acids is 2. The second-order valence-corrected chi connectivity index (χ2v) is 7.71. The van der Waals surface area contributed by atoms with E-state index in [2.05, 4.69) is 5.16 Å². The van der Waals surface area contributed by atoms with E-state index in [1.54, 1.807) is 34.1 Å². The van der Waals surface area contributed by atoms with Crippen LogP contribution in [-0.4, -0.2) is 52.9 Å². The van der Waals surface area contributed by atoms with Gasteiger partial charge in [-0.1, -0.05) is 5.16 Å². The average molecular weight is 437 g/mol. The molecular formula is C24H24FN3O4. The number of ether oxygens (including phenoxy) is 1. The zero-order valence-electron chi connectivity index (χ0n) is 18.0. The Morgan fingerprint density at radius 3 is 1.88 bits per heavy atom. The van der Waals surface area contributed by atoms with Gasteiger partial charge in [0.25, 0.3) is 11.8 Å². The van der Waals surface area contributed by atoms with Gasteiger partial charge in [-0.05, 0) is 62.4 Å². The summed E-state index contributed by atoms with van der Waals surface area (Å²) >= 11 is 0. The molecule has 1 saturated heterocycles. The van der Waals surface area contributed by atoms with Gasteiger partial charge in [0.15, 0.2) is 0 Å². The fourth-order valence-corrected chi connectivity index (χ4v) is 3.63. The van der Waals surface area contributed by atoms with E-state index in [1.165, 1.54) is 24.3 Å². The maximum Gasteiger partial charge on any atom is 0.253 e. The molecule has 7 nitrogen and oxygen atoms in total. The maximum absolute atomic E-state index is 13.1. The first kappa shape index (κ1) is 21.5. The van der Waals surface area contributed by atoms with Crippen molar-refractivity contribution in [2.45, 2.75) is 20.5 Å². The molecular weight excluding hydrogens is 413 g/mol. The lowest BCUT2D eigenvalue weighted by Crippen LogP contribution is -2.50. The average Bonchev–Trinajstić information content (AvgIpc) is 3.15. The summed E-state index contributed by atoms with van der Waals surface area (Å²) < 4.78 is 24.0. The van der Waals surface area contributed by atoms with E-state index < -0.39 is 0 Å². The predicted octanol–water partition coefficient (Wildman–Crippen LogP) is 3.61. The Bertz CT molecular complexity index is 1080. The van der Waals surface area contributed by atoms with E-state index in [-0.39, 0.29) is 17.6 Å². The molecule has 0 spiro atoms. The van der Waals surface area contributed by atoms with Crippen molar-refractivity contribution in [3.05, 3.63) is 82.5 Å². The number of aryl methyl sites for hydroxylation is 2. The highest BCUT2D eigenvalue weighted by molar-refractivity contribution is 5.96. The molecule has 2 heterocycles. The zero-order valence-corrected chi connectivity index (χ0v) is 18.0. The van der Waals surface area contributed by atoms with E-state index in [0.29, 0.717) is 49.7 Å². The number of hydrogen-bond acceptors (Lipinski definition) is 5. The first-order valence-electron chi connectivity index (χ1n) is 10.4. The maximum atomic E-state index is 13.1. The highest BCUT2D eigenvalue weighted by Crippen LogP contribution is 2.19. The molecule has 3 aromatic rings. The lowest BCUT2D eigenvalue weighted by Gasteiger charge is -2.35. The van der Waals surface area contributed by atoms with Crippen LogP contribution in [0.25, 0.3) is 0 Å². The van der Waals surface area contributed by atoms with Crippen molar-refractivity contribution >= 4 is 11.8 Å². The molecule has 1 aromatic heterocycles. The molecule has 0 unspecified atom stereocenters. The Labute approximate surface area is 185 Å². The minimum absolute atomic E-state index is 0.0869. The molecule has 166 valence electrons. The molecule has 0 radical (unpaired) electrons. The molecule has 8 heteroatoms. The van der Waals surface area contributed by atoms with Gasteiger partial charge >= 0.3 is 0 Å². The molecule has 2 aromatic carbocycles. The molecule has 1 fully saturated rings. The molecule has 32 heavy (non-hydrogen) atoms. The van der Waals surface area contributed by atoms with Gasteiger partial charge in [-0.3, -0.25) is 9.59 Å². The second-order valence-electron chi connectivity index (χ2n) is 7.71. The molecule has 4 rings (SSSR count). The summed E-state index contributed by atoms with van der Waals surface area (Å²) in [5.74, 6) is 0.757. The highest BCUT2D eigenvalue weighted by atomic mass is 19.1. The number of nitrogens with zero attached hydrogens (tertiary/aromatic N) is 3. The number of amides is 2. The number of aromatic nitrogens is 1. The topological polar surface area (TPSA) is 75.9 Å². The van der Waals surface area contributed by atoms with E-state index >= 15 is 0 Å². The molecule has 0 aliphatic carbocycles. The van der Waals surface area contributed by atoms with Gasteiger partial charge < -0.3 is 19.1 Å². The minimum Gasteiger partial charge on any atom is -0.489 e. The third-order valence-electron chi connectivity index (χ3n) is 5.61. The van der Waals surface area contributed by atoms with Crippen LogP contribution < -0.4 is 4.74 Å². The van der Waals surface area contributed by atoms with Crippen LogP contribution in [0.2, 0.25) is 0 Å². The summed E-state index contributed by atoms with van der Waals surface area (Å²) in [6.45, 7) is 5.79. The van der Waals surface area contributed by atoms with Crippen molar-refractivity contribution in [3.8, 4) is 5.75 Å². The Kier molecular flexibility index (Phi) is 6.20. The number of piperazine rings is 1. The third-order valence-corrected chi connectivity index (χ3v) is 5.61. The minimum atomic E-state index is -0.378. The van der Waals surface area contributed by atoms with Crippen molar-refractivity contribution in [2.75, 3.05) is 26.2 Å². The van der Waals surface area contributed by atoms with Crippen LogP contribution in [0, 0.1) is 19.7 Å². The van der Waals surface area contributed by atoms with Crippen molar-refractivity contribution in [3.63, 3.8) is 0 Å². The van der Waals surface area contributed by atoms with Crippen LogP contribution in [0.15, 0.2) is 53.1 Å². The Balaban J connectivity index is 1.31. The number of hydrogen-bond donors (Lipinski definition) is 0. The first-order valence-corrected chi connectivity index (χ1v) is 10.4. The van der Waals surface area contributed by atoms with Gasteiger partial charge in [0, 0.05) is 37.3 Å². The van der Waals surface area contributed by atoms with Crippen molar-refractivity contribution in [2.24, 2.45) is 0 Å². The SMILES string of the molecule is Cc1noc(C)c1COc1ccc(C(=O)N2CCN(C(=O)c3ccc(F)cc3)CC2)cc1. The summed E-state index contributed by atoms with van der Waals surface area (Å²) in [4.78, 5) is 28.8. The van der Waals surface area contributed by atoms with Gasteiger partial charge in [0.2, 0.25) is 0 Å². The van der Waals surface area contributed by atoms with E-state index in [1.807, 2.05) is 13.8 Å². The monoisotopic (exact) mass is 437 g/mol. The molecule has 0 bridgehead atoms. The molecule has 0 N–H and O–H groups in total. The fraction of sp³-hybridized carbons (Fsp3) is 0.292. The van der Waals surface area contributed by atoms with E-state index in [4.69, 9.17) is 9.26 Å². The number of rotatable bonds is 5. The Morgan fingerprint density at radius 1 is 0.906 bits per heavy atom. The number of benzene rings is 2.